The first-order valence-electron chi connectivity index (χ1n) is 10.0. The van der Waals surface area contributed by atoms with E-state index in [2.05, 4.69) is 78.0 Å². The van der Waals surface area contributed by atoms with Gasteiger partial charge in [-0.3, -0.25) is 0 Å². The van der Waals surface area contributed by atoms with Crippen LogP contribution in [0.4, 0.5) is 5.82 Å². The van der Waals surface area contributed by atoms with Gasteiger partial charge >= 0.3 is 0 Å². The SMILES string of the molecule is C=C(Nc1cc(C)c(/C=C(\C)c2ccnc(C)n2)cn1)c1cccc(C)c1/C=C/C. The second kappa shape index (κ2) is 9.31. The molecule has 1 aromatic carbocycles. The van der Waals surface area contributed by atoms with E-state index in [4.69, 9.17) is 0 Å². The fourth-order valence-corrected chi connectivity index (χ4v) is 3.32. The van der Waals surface area contributed by atoms with Gasteiger partial charge in [-0.2, -0.15) is 0 Å². The first-order chi connectivity index (χ1) is 14.4. The molecule has 0 spiro atoms. The molecule has 3 rings (SSSR count). The number of nitrogens with one attached hydrogen (secondary N) is 1. The first kappa shape index (κ1) is 21.2. The van der Waals surface area contributed by atoms with Crippen molar-refractivity contribution in [1.82, 2.24) is 15.0 Å². The third kappa shape index (κ3) is 4.90. The fraction of sp³-hybridized carbons (Fsp3) is 0.192. The molecule has 0 fully saturated rings. The molecular weight excluding hydrogens is 368 g/mol. The van der Waals surface area contributed by atoms with Crippen LogP contribution in [0.2, 0.25) is 0 Å². The Morgan fingerprint density at radius 2 is 1.87 bits per heavy atom. The van der Waals surface area contributed by atoms with Gasteiger partial charge in [0.1, 0.15) is 11.6 Å². The maximum absolute atomic E-state index is 4.60. The van der Waals surface area contributed by atoms with Crippen LogP contribution in [0.3, 0.4) is 0 Å². The van der Waals surface area contributed by atoms with E-state index in [0.717, 1.165) is 45.3 Å². The van der Waals surface area contributed by atoms with E-state index in [1.165, 1.54) is 11.1 Å². The van der Waals surface area contributed by atoms with Crippen molar-refractivity contribution in [3.05, 3.63) is 94.7 Å². The van der Waals surface area contributed by atoms with Gasteiger partial charge in [0.25, 0.3) is 0 Å². The number of aryl methyl sites for hydroxylation is 3. The van der Waals surface area contributed by atoms with Crippen molar-refractivity contribution in [1.29, 1.82) is 0 Å². The van der Waals surface area contributed by atoms with E-state index in [-0.39, 0.29) is 0 Å². The molecule has 1 N–H and O–H groups in total. The zero-order valence-electron chi connectivity index (χ0n) is 18.3. The highest BCUT2D eigenvalue weighted by Gasteiger charge is 2.08. The van der Waals surface area contributed by atoms with Gasteiger partial charge in [-0.15, -0.1) is 0 Å². The standard InChI is InChI=1S/C26H28N4/c1-7-9-23-17(2)10-8-11-24(23)20(5)29-26-15-18(3)22(16-28-26)14-19(4)25-12-13-27-21(6)30-25/h7-16H,5H2,1-4,6H3,(H,28,29)/b9-7+,19-14+. The topological polar surface area (TPSA) is 50.7 Å². The van der Waals surface area contributed by atoms with Crippen molar-refractivity contribution in [3.8, 4) is 0 Å². The Kier molecular flexibility index (Phi) is 6.58. The van der Waals surface area contributed by atoms with E-state index >= 15 is 0 Å². The van der Waals surface area contributed by atoms with Crippen LogP contribution in [-0.4, -0.2) is 15.0 Å². The summed E-state index contributed by atoms with van der Waals surface area (Å²) in [6.07, 6.45) is 9.93. The molecule has 0 aliphatic rings. The highest BCUT2D eigenvalue weighted by atomic mass is 15.0. The summed E-state index contributed by atoms with van der Waals surface area (Å²) < 4.78 is 0. The molecule has 4 nitrogen and oxygen atoms in total. The largest absolute Gasteiger partial charge is 0.340 e. The summed E-state index contributed by atoms with van der Waals surface area (Å²) in [6, 6.07) is 10.2. The van der Waals surface area contributed by atoms with Crippen molar-refractivity contribution < 1.29 is 0 Å². The summed E-state index contributed by atoms with van der Waals surface area (Å²) in [5.41, 5.74) is 8.48. The molecule has 0 bridgehead atoms. The first-order valence-corrected chi connectivity index (χ1v) is 10.0. The van der Waals surface area contributed by atoms with Gasteiger partial charge < -0.3 is 5.32 Å². The van der Waals surface area contributed by atoms with Gasteiger partial charge in [-0.1, -0.05) is 36.9 Å². The van der Waals surface area contributed by atoms with Crippen LogP contribution in [-0.2, 0) is 0 Å². The summed E-state index contributed by atoms with van der Waals surface area (Å²) in [4.78, 5) is 13.3. The number of allylic oxidation sites excluding steroid dienone is 2. The molecular formula is C26H28N4. The normalized spacial score (nSPS) is 11.7. The molecule has 0 saturated carbocycles. The zero-order chi connectivity index (χ0) is 21.7. The summed E-state index contributed by atoms with van der Waals surface area (Å²) >= 11 is 0. The molecule has 0 aliphatic carbocycles. The Morgan fingerprint density at radius 3 is 2.57 bits per heavy atom. The van der Waals surface area contributed by atoms with E-state index < -0.39 is 0 Å². The number of hydrogen-bond acceptors (Lipinski definition) is 4. The minimum absolute atomic E-state index is 0.765. The van der Waals surface area contributed by atoms with E-state index in [0.29, 0.717) is 0 Å². The second-order valence-corrected chi connectivity index (χ2v) is 7.38. The maximum Gasteiger partial charge on any atom is 0.130 e. The average Bonchev–Trinajstić information content (AvgIpc) is 2.71. The van der Waals surface area contributed by atoms with Crippen molar-refractivity contribution in [2.75, 3.05) is 5.32 Å². The lowest BCUT2D eigenvalue weighted by molar-refractivity contribution is 1.04. The smallest absolute Gasteiger partial charge is 0.130 e. The van der Waals surface area contributed by atoms with Crippen LogP contribution < -0.4 is 5.32 Å². The molecule has 3 aromatic rings. The Morgan fingerprint density at radius 1 is 1.07 bits per heavy atom. The average molecular weight is 397 g/mol. The quantitative estimate of drug-likeness (QED) is 0.518. The third-order valence-electron chi connectivity index (χ3n) is 4.96. The maximum atomic E-state index is 4.60. The number of benzene rings is 1. The molecule has 2 heterocycles. The van der Waals surface area contributed by atoms with Crippen LogP contribution in [0.5, 0.6) is 0 Å². The Bertz CT molecular complexity index is 1140. The number of aromatic nitrogens is 3. The van der Waals surface area contributed by atoms with E-state index in [1.54, 1.807) is 6.20 Å². The van der Waals surface area contributed by atoms with Gasteiger partial charge in [0.2, 0.25) is 0 Å². The summed E-state index contributed by atoms with van der Waals surface area (Å²) in [5, 5.41) is 3.36. The van der Waals surface area contributed by atoms with Crippen molar-refractivity contribution >= 4 is 29.2 Å². The van der Waals surface area contributed by atoms with Crippen LogP contribution >= 0.6 is 0 Å². The van der Waals surface area contributed by atoms with Crippen LogP contribution in [0.15, 0.2) is 55.4 Å². The van der Waals surface area contributed by atoms with E-state index in [9.17, 15) is 0 Å². The predicted octanol–water partition coefficient (Wildman–Crippen LogP) is 6.47. The van der Waals surface area contributed by atoms with Crippen molar-refractivity contribution in [2.45, 2.75) is 34.6 Å². The van der Waals surface area contributed by atoms with Gasteiger partial charge in [-0.25, -0.2) is 15.0 Å². The van der Waals surface area contributed by atoms with Gasteiger partial charge in [0.15, 0.2) is 0 Å². The van der Waals surface area contributed by atoms with Crippen LogP contribution in [0.1, 0.15) is 53.2 Å². The number of anilines is 1. The predicted molar refractivity (Wildman–Crippen MR) is 128 cm³/mol. The lowest BCUT2D eigenvalue weighted by Gasteiger charge is -2.14. The summed E-state index contributed by atoms with van der Waals surface area (Å²) in [7, 11) is 0. The lowest BCUT2D eigenvalue weighted by atomic mass is 9.99. The number of nitrogens with zero attached hydrogens (tertiary/aromatic N) is 3. The summed E-state index contributed by atoms with van der Waals surface area (Å²) in [6.45, 7) is 14.4. The zero-order valence-corrected chi connectivity index (χ0v) is 18.3. The van der Waals surface area contributed by atoms with Crippen molar-refractivity contribution in [2.24, 2.45) is 0 Å². The minimum Gasteiger partial charge on any atom is -0.340 e. The van der Waals surface area contributed by atoms with E-state index in [1.807, 2.05) is 38.3 Å². The molecule has 152 valence electrons. The third-order valence-corrected chi connectivity index (χ3v) is 4.96. The Hall–Kier alpha value is -3.53. The second-order valence-electron chi connectivity index (χ2n) is 7.38. The number of pyridine rings is 1. The molecule has 2 aromatic heterocycles. The number of rotatable bonds is 6. The highest BCUT2D eigenvalue weighted by molar-refractivity contribution is 5.82. The number of hydrogen-bond donors (Lipinski definition) is 1. The van der Waals surface area contributed by atoms with Gasteiger partial charge in [-0.05, 0) is 80.7 Å². The van der Waals surface area contributed by atoms with Crippen LogP contribution in [0.25, 0.3) is 23.4 Å². The molecule has 0 saturated heterocycles. The van der Waals surface area contributed by atoms with Crippen LogP contribution in [0, 0.1) is 20.8 Å². The molecule has 0 aliphatic heterocycles. The molecule has 0 atom stereocenters. The fourth-order valence-electron chi connectivity index (χ4n) is 3.32. The molecule has 0 amide bonds. The van der Waals surface area contributed by atoms with Gasteiger partial charge in [0, 0.05) is 23.7 Å². The van der Waals surface area contributed by atoms with Crippen molar-refractivity contribution in [3.63, 3.8) is 0 Å². The minimum atomic E-state index is 0.765. The Labute approximate surface area is 179 Å². The molecule has 0 unspecified atom stereocenters. The molecule has 0 radical (unpaired) electrons. The molecule has 30 heavy (non-hydrogen) atoms. The highest BCUT2D eigenvalue weighted by Crippen LogP contribution is 2.25. The van der Waals surface area contributed by atoms with Gasteiger partial charge in [0.05, 0.1) is 5.69 Å². The summed E-state index contributed by atoms with van der Waals surface area (Å²) in [5.74, 6) is 1.54. The lowest BCUT2D eigenvalue weighted by Crippen LogP contribution is -2.03. The monoisotopic (exact) mass is 396 g/mol. The molecule has 4 heteroatoms. The Balaban J connectivity index is 1.83.